The Bertz CT molecular complexity index is 1480. The summed E-state index contributed by atoms with van der Waals surface area (Å²) in [5.74, 6) is 0.374. The maximum absolute atomic E-state index is 11.3. The van der Waals surface area contributed by atoms with Gasteiger partial charge in [-0.1, -0.05) is 72.6 Å². The van der Waals surface area contributed by atoms with Crippen molar-refractivity contribution in [2.75, 3.05) is 0 Å². The molecule has 4 aromatic rings. The molecule has 1 unspecified atom stereocenters. The van der Waals surface area contributed by atoms with E-state index in [1.54, 1.807) is 6.07 Å². The Morgan fingerprint density at radius 2 is 1.75 bits per heavy atom. The van der Waals surface area contributed by atoms with E-state index in [9.17, 15) is 10.1 Å². The van der Waals surface area contributed by atoms with Gasteiger partial charge in [0.2, 0.25) is 0 Å². The lowest BCUT2D eigenvalue weighted by Crippen LogP contribution is -2.15. The molecule has 0 spiro atoms. The summed E-state index contributed by atoms with van der Waals surface area (Å²) >= 11 is 9.09. The minimum absolute atomic E-state index is 0.374. The predicted octanol–water partition coefficient (Wildman–Crippen LogP) is 8.44. The molecule has 1 aromatic heterocycles. The molecule has 4 nitrogen and oxygen atoms in total. The maximum atomic E-state index is 11.3. The molecule has 0 saturated heterocycles. The molecule has 0 bridgehead atoms. The molecule has 1 saturated carbocycles. The number of halogens is 2. The molecule has 1 aliphatic carbocycles. The second-order valence-electron chi connectivity index (χ2n) is 8.80. The number of aromatic nitrogens is 2. The van der Waals surface area contributed by atoms with Crippen LogP contribution in [-0.2, 0) is 0 Å². The molecule has 1 aliphatic rings. The minimum atomic E-state index is 0.374. The van der Waals surface area contributed by atoms with Crippen molar-refractivity contribution in [3.63, 3.8) is 0 Å². The summed E-state index contributed by atoms with van der Waals surface area (Å²) in [6.07, 6.45) is 8.75. The zero-order chi connectivity index (χ0) is 25.1. The van der Waals surface area contributed by atoms with Crippen LogP contribution in [0.1, 0.15) is 51.9 Å². The topological polar surface area (TPSA) is 58.7 Å². The van der Waals surface area contributed by atoms with E-state index in [1.165, 1.54) is 12.0 Å². The highest BCUT2D eigenvalue weighted by Gasteiger charge is 2.28. The zero-order valence-electron chi connectivity index (χ0n) is 19.3. The molecule has 1 fully saturated rings. The second-order valence-corrected chi connectivity index (χ2v) is 11.3. The van der Waals surface area contributed by atoms with Crippen molar-refractivity contribution in [2.45, 2.75) is 19.3 Å². The molecule has 5 rings (SSSR count). The average molecular weight is 622 g/mol. The van der Waals surface area contributed by atoms with Gasteiger partial charge in [0, 0.05) is 22.3 Å². The average Bonchev–Trinajstić information content (AvgIpc) is 3.37. The second kappa shape index (κ2) is 11.1. The Kier molecular flexibility index (Phi) is 7.67. The van der Waals surface area contributed by atoms with E-state index in [2.05, 4.69) is 63.7 Å². The SMILES string of the molecule is N#Cc1ccc(/C(=C(\c2ccc(C=O)cc2)c2ccc(-c3cnn(PI)c3)cc2)C2CCC2)c(Cl)c1. The van der Waals surface area contributed by atoms with Crippen molar-refractivity contribution < 1.29 is 4.79 Å². The molecule has 178 valence electrons. The first-order chi connectivity index (χ1) is 17.6. The van der Waals surface area contributed by atoms with Crippen molar-refractivity contribution in [1.82, 2.24) is 9.55 Å². The molecule has 36 heavy (non-hydrogen) atoms. The highest BCUT2D eigenvalue weighted by atomic mass is 127. The Morgan fingerprint density at radius 3 is 2.28 bits per heavy atom. The summed E-state index contributed by atoms with van der Waals surface area (Å²) in [5.41, 5.74) is 8.77. The highest BCUT2D eigenvalue weighted by Crippen LogP contribution is 2.47. The lowest BCUT2D eigenvalue weighted by atomic mass is 9.73. The van der Waals surface area contributed by atoms with Crippen LogP contribution in [0.5, 0.6) is 0 Å². The first kappa shape index (κ1) is 24.9. The summed E-state index contributed by atoms with van der Waals surface area (Å²) in [4.78, 5) is 11.3. The number of benzene rings is 3. The fourth-order valence-corrected chi connectivity index (χ4v) is 5.98. The Balaban J connectivity index is 1.70. The van der Waals surface area contributed by atoms with Gasteiger partial charge in [0.15, 0.2) is 0 Å². The zero-order valence-corrected chi connectivity index (χ0v) is 23.2. The summed E-state index contributed by atoms with van der Waals surface area (Å²) in [6.45, 7) is 0. The van der Waals surface area contributed by atoms with E-state index in [0.29, 0.717) is 28.4 Å². The monoisotopic (exact) mass is 621 g/mol. The standard InChI is InChI=1S/C29H22ClIN3OP/c30-27-14-20(15-32)6-13-26(27)29(22-2-1-3-22)28(23-7-4-19(18-35)5-8-23)24-11-9-21(10-12-24)25-16-33-34(17-25)36-31/h4-14,16-18,22,36H,1-3H2/b29-28+. The number of nitriles is 1. The quantitative estimate of drug-likeness (QED) is 0.0901. The molecular weight excluding hydrogens is 600 g/mol. The van der Waals surface area contributed by atoms with Crippen molar-refractivity contribution in [2.24, 2.45) is 5.92 Å². The van der Waals surface area contributed by atoms with Gasteiger partial charge in [0.05, 0.1) is 24.2 Å². The lowest BCUT2D eigenvalue weighted by Gasteiger charge is -2.32. The number of carbonyl (C=O) groups excluding carboxylic acids is 1. The number of carbonyl (C=O) groups is 1. The molecular formula is C29H22ClIN3OP. The number of allylic oxidation sites excluding steroid dienone is 1. The summed E-state index contributed by atoms with van der Waals surface area (Å²) < 4.78 is 1.94. The molecule has 0 amide bonds. The van der Waals surface area contributed by atoms with E-state index in [-0.39, 0.29) is 0 Å². The Labute approximate surface area is 230 Å². The number of hydrogen-bond donors (Lipinski definition) is 0. The largest absolute Gasteiger partial charge is 0.298 e. The van der Waals surface area contributed by atoms with Crippen LogP contribution >= 0.6 is 40.0 Å². The van der Waals surface area contributed by atoms with Gasteiger partial charge in [-0.3, -0.25) is 4.79 Å². The molecule has 1 atom stereocenters. The first-order valence-corrected chi connectivity index (χ1v) is 16.1. The van der Waals surface area contributed by atoms with Crippen LogP contribution in [0.25, 0.3) is 22.3 Å². The minimum Gasteiger partial charge on any atom is -0.298 e. The van der Waals surface area contributed by atoms with Gasteiger partial charge in [-0.15, -0.1) is 0 Å². The summed E-state index contributed by atoms with van der Waals surface area (Å²) in [6, 6.07) is 24.0. The number of aldehydes is 1. The summed E-state index contributed by atoms with van der Waals surface area (Å²) in [5, 5.41) is 14.4. The van der Waals surface area contributed by atoms with Crippen LogP contribution in [0.2, 0.25) is 5.02 Å². The fraction of sp³-hybridized carbons (Fsp3) is 0.138. The van der Waals surface area contributed by atoms with E-state index in [1.807, 2.05) is 47.0 Å². The lowest BCUT2D eigenvalue weighted by molar-refractivity contribution is 0.112. The Hall–Kier alpha value is -2.78. The molecule has 3 aromatic carbocycles. The highest BCUT2D eigenvalue weighted by molar-refractivity contribution is 14.2. The third-order valence-corrected chi connectivity index (χ3v) is 8.90. The van der Waals surface area contributed by atoms with Crippen LogP contribution in [0.4, 0.5) is 0 Å². The van der Waals surface area contributed by atoms with Crippen LogP contribution in [0.15, 0.2) is 79.1 Å². The molecule has 1 heterocycles. The van der Waals surface area contributed by atoms with Gasteiger partial charge in [-0.05, 0) is 86.3 Å². The van der Waals surface area contributed by atoms with Crippen molar-refractivity contribution in [3.05, 3.63) is 112 Å². The van der Waals surface area contributed by atoms with Crippen molar-refractivity contribution >= 4 is 57.4 Å². The molecule has 0 aliphatic heterocycles. The summed E-state index contributed by atoms with van der Waals surface area (Å²) in [7, 11) is 0. The molecule has 7 heteroatoms. The van der Waals surface area contributed by atoms with Gasteiger partial charge >= 0.3 is 0 Å². The third kappa shape index (κ3) is 5.04. The van der Waals surface area contributed by atoms with Crippen LogP contribution < -0.4 is 0 Å². The van der Waals surface area contributed by atoms with Gasteiger partial charge in [0.25, 0.3) is 0 Å². The van der Waals surface area contributed by atoms with Crippen LogP contribution in [0, 0.1) is 17.2 Å². The van der Waals surface area contributed by atoms with Crippen molar-refractivity contribution in [3.8, 4) is 17.2 Å². The molecule has 0 N–H and O–H groups in total. The first-order valence-electron chi connectivity index (χ1n) is 11.6. The van der Waals surface area contributed by atoms with Gasteiger partial charge in [0.1, 0.15) is 6.29 Å². The van der Waals surface area contributed by atoms with E-state index in [4.69, 9.17) is 11.6 Å². The predicted molar refractivity (Wildman–Crippen MR) is 157 cm³/mol. The maximum Gasteiger partial charge on any atom is 0.150 e. The Morgan fingerprint density at radius 1 is 1.06 bits per heavy atom. The van der Waals surface area contributed by atoms with Crippen LogP contribution in [-0.4, -0.2) is 15.8 Å². The van der Waals surface area contributed by atoms with E-state index in [0.717, 1.165) is 52.5 Å². The van der Waals surface area contributed by atoms with Gasteiger partial charge in [-0.2, -0.15) is 10.4 Å². The number of hydrogen-bond acceptors (Lipinski definition) is 3. The number of nitrogens with zero attached hydrogens (tertiary/aromatic N) is 3. The number of rotatable bonds is 7. The fourth-order valence-electron chi connectivity index (χ4n) is 4.61. The van der Waals surface area contributed by atoms with Crippen LogP contribution in [0.3, 0.4) is 0 Å². The third-order valence-electron chi connectivity index (χ3n) is 6.68. The smallest absolute Gasteiger partial charge is 0.150 e. The van der Waals surface area contributed by atoms with E-state index < -0.39 is 0 Å². The van der Waals surface area contributed by atoms with Crippen molar-refractivity contribution in [1.29, 1.82) is 5.26 Å². The van der Waals surface area contributed by atoms with Gasteiger partial charge in [-0.25, -0.2) is 4.45 Å². The van der Waals surface area contributed by atoms with Gasteiger partial charge < -0.3 is 0 Å². The molecule has 0 radical (unpaired) electrons. The normalized spacial score (nSPS) is 14.4. The van der Waals surface area contributed by atoms with E-state index >= 15 is 0 Å².